The summed E-state index contributed by atoms with van der Waals surface area (Å²) in [5.41, 5.74) is 2.84. The number of hydrogen-bond donors (Lipinski definition) is 8. The normalized spacial score (nSPS) is 26.1. The van der Waals surface area contributed by atoms with Crippen molar-refractivity contribution in [3.8, 4) is 0 Å². The molecule has 0 spiro atoms. The Morgan fingerprint density at radius 1 is 0.702 bits per heavy atom. The number of rotatable bonds is 16. The molecule has 16 nitrogen and oxygen atoms in total. The van der Waals surface area contributed by atoms with Gasteiger partial charge in [-0.1, -0.05) is 49.3 Å². The predicted molar refractivity (Wildman–Crippen MR) is 204 cm³/mol. The van der Waals surface area contributed by atoms with E-state index in [1.807, 2.05) is 6.92 Å². The molecule has 2 fully saturated rings. The number of carboxylic acid groups (broad SMARTS) is 6. The van der Waals surface area contributed by atoms with Crippen molar-refractivity contribution in [3.05, 3.63) is 73.9 Å². The molecule has 1 aromatic heterocycles. The van der Waals surface area contributed by atoms with Crippen LogP contribution in [-0.4, -0.2) is 78.5 Å². The first-order valence-electron chi connectivity index (χ1n) is 18.5. The van der Waals surface area contributed by atoms with Gasteiger partial charge in [-0.15, -0.1) is 11.4 Å². The quantitative estimate of drug-likeness (QED) is 0.108. The third-order valence-electron chi connectivity index (χ3n) is 11.9. The number of aliphatic carboxylic acids is 6. The van der Waals surface area contributed by atoms with E-state index in [9.17, 15) is 59.4 Å². The first-order valence-corrected chi connectivity index (χ1v) is 18.5. The average Bonchev–Trinajstić information content (AvgIpc) is 3.70. The topological polar surface area (TPSA) is 276 Å². The number of hydrogen-bond acceptors (Lipinski definition) is 8. The zero-order valence-electron chi connectivity index (χ0n) is 32.1. The van der Waals surface area contributed by atoms with Gasteiger partial charge in [0, 0.05) is 48.5 Å². The fraction of sp³-hybridized carbons (Fsp3) is 0.500. The van der Waals surface area contributed by atoms with E-state index in [4.69, 9.17) is 10.3 Å². The molecule has 4 aliphatic rings. The van der Waals surface area contributed by atoms with Crippen LogP contribution in [-0.2, 0) is 52.3 Å². The Hall–Kier alpha value is -5.28. The summed E-state index contributed by atoms with van der Waals surface area (Å²) in [5, 5.41) is 71.0. The summed E-state index contributed by atoms with van der Waals surface area (Å²) in [6.07, 6.45) is 5.45. The fourth-order valence-electron chi connectivity index (χ4n) is 8.89. The number of nitrogens with zero attached hydrogens (tertiary/aromatic N) is 2. The minimum atomic E-state index is -1.24. The first-order chi connectivity index (χ1) is 26.2. The predicted octanol–water partition coefficient (Wildman–Crippen LogP) is 4.33. The standard InChI is InChI=1S/C40H48N4O12.Fe.2H/c1-19-21(5-9-33(45)46)27-14-28-22(6-10-34(47)48)20(2)26(42-28)15-31-40(4,18-38(55)56)24(8-12-36(51)52)30(44-31)16-32-39(3,17-37(53)54)23(7-11-35(49)50)29(43-32)13-25(19)41-27;;;/h13-16,23-25,30,41,44H,5-12,17-18H2,1-4H3,(H,45,46)(H,47,48)(H,49,50)(H,51,52)(H,53,54)(H,55,56);;;/q-2;;;. The van der Waals surface area contributed by atoms with Crippen LogP contribution in [0.25, 0.3) is 17.5 Å². The molecule has 6 atom stereocenters. The zero-order valence-corrected chi connectivity index (χ0v) is 33.4. The molecule has 17 heteroatoms. The van der Waals surface area contributed by atoms with Gasteiger partial charge < -0.3 is 51.6 Å². The molecule has 5 rings (SSSR count). The molecule has 2 saturated heterocycles. The third-order valence-corrected chi connectivity index (χ3v) is 11.9. The Bertz CT molecular complexity index is 2010. The molecular formula is C40H50FeN4O12-2. The molecule has 6 unspecified atom stereocenters. The van der Waals surface area contributed by atoms with E-state index in [-0.39, 0.29) is 68.4 Å². The van der Waals surface area contributed by atoms with Gasteiger partial charge >= 0.3 is 52.9 Å². The number of allylic oxidation sites excluding steroid dienone is 4. The van der Waals surface area contributed by atoms with E-state index < -0.39 is 83.4 Å². The van der Waals surface area contributed by atoms with E-state index in [0.717, 1.165) is 5.57 Å². The van der Waals surface area contributed by atoms with Crippen LogP contribution in [0, 0.1) is 29.6 Å². The molecule has 1 aromatic rings. The van der Waals surface area contributed by atoms with E-state index >= 15 is 0 Å². The van der Waals surface area contributed by atoms with Crippen LogP contribution in [0.4, 0.5) is 0 Å². The van der Waals surface area contributed by atoms with Gasteiger partial charge in [0.25, 0.3) is 0 Å². The van der Waals surface area contributed by atoms with Crippen molar-refractivity contribution in [3.63, 3.8) is 0 Å². The van der Waals surface area contributed by atoms with Crippen LogP contribution < -0.4 is 15.6 Å². The maximum absolute atomic E-state index is 12.5. The zero-order chi connectivity index (χ0) is 41.3. The van der Waals surface area contributed by atoms with Crippen molar-refractivity contribution in [2.24, 2.45) is 22.7 Å². The first kappa shape index (κ1) is 44.4. The molecule has 8 N–H and O–H groups in total. The molecular weight excluding hydrogens is 784 g/mol. The Kier molecular flexibility index (Phi) is 13.6. The van der Waals surface area contributed by atoms with Crippen LogP contribution in [0.15, 0.2) is 46.1 Å². The Balaban J connectivity index is 0.00000720. The van der Waals surface area contributed by atoms with E-state index in [2.05, 4.69) is 10.6 Å². The molecule has 5 heterocycles. The average molecular weight is 835 g/mol. The monoisotopic (exact) mass is 834 g/mol. The summed E-state index contributed by atoms with van der Waals surface area (Å²) in [7, 11) is 0. The Labute approximate surface area is 339 Å². The number of carboxylic acids is 6. The van der Waals surface area contributed by atoms with Gasteiger partial charge in [-0.25, -0.2) is 0 Å². The van der Waals surface area contributed by atoms with E-state index in [1.165, 1.54) is 0 Å². The van der Waals surface area contributed by atoms with Crippen LogP contribution >= 0.6 is 0 Å². The number of fused-ring (bicyclic) bond motifs is 8. The van der Waals surface area contributed by atoms with Crippen molar-refractivity contribution in [2.45, 2.75) is 104 Å². The summed E-state index contributed by atoms with van der Waals surface area (Å²) < 4.78 is 0. The number of carbonyl (C=O) groups is 6. The van der Waals surface area contributed by atoms with Crippen molar-refractivity contribution in [2.75, 3.05) is 0 Å². The molecule has 57 heavy (non-hydrogen) atoms. The van der Waals surface area contributed by atoms with E-state index in [1.54, 1.807) is 45.1 Å². The second-order valence-electron chi connectivity index (χ2n) is 15.6. The number of nitrogens with one attached hydrogen (secondary N) is 2. The summed E-state index contributed by atoms with van der Waals surface area (Å²) in [6, 6.07) is -1.32. The van der Waals surface area contributed by atoms with Gasteiger partial charge in [0.1, 0.15) is 0 Å². The van der Waals surface area contributed by atoms with Crippen molar-refractivity contribution in [1.82, 2.24) is 15.6 Å². The van der Waals surface area contributed by atoms with Gasteiger partial charge in [-0.3, -0.25) is 28.8 Å². The molecule has 312 valence electrons. The minimum absolute atomic E-state index is 0. The van der Waals surface area contributed by atoms with Gasteiger partial charge in [0.05, 0.1) is 18.9 Å². The van der Waals surface area contributed by atoms with Gasteiger partial charge in [-0.2, -0.15) is 11.4 Å². The molecule has 0 radical (unpaired) electrons. The second kappa shape index (κ2) is 17.5. The van der Waals surface area contributed by atoms with Crippen molar-refractivity contribution < 1.29 is 76.5 Å². The number of aromatic nitrogens is 1. The van der Waals surface area contributed by atoms with Crippen LogP contribution in [0.5, 0.6) is 0 Å². The van der Waals surface area contributed by atoms with Crippen molar-refractivity contribution in [1.29, 1.82) is 0 Å². The molecule has 8 bridgehead atoms. The van der Waals surface area contributed by atoms with Gasteiger partial charge in [0.2, 0.25) is 0 Å². The third kappa shape index (κ3) is 9.48. The molecule has 0 saturated carbocycles. The molecule has 0 amide bonds. The van der Waals surface area contributed by atoms with Crippen LogP contribution in [0.2, 0.25) is 0 Å². The summed E-state index contributed by atoms with van der Waals surface area (Å²) >= 11 is 0. The summed E-state index contributed by atoms with van der Waals surface area (Å²) in [6.45, 7) is 7.04. The SMILES string of the molecule is CC1=C(CCC(=O)O)C2=Cc3[n-]c(c(C)c3CCC(=O)O)C=C3NC(C=C4[N-]C(=CC1N2)C(CCC(=O)O)C4(C)CC(=O)O)C(CCC(=O)O)C3(C)CC(=O)O.[FeH2]. The summed E-state index contributed by atoms with van der Waals surface area (Å²) in [5.74, 6) is -7.87. The van der Waals surface area contributed by atoms with Gasteiger partial charge in [0.15, 0.2) is 0 Å². The fourth-order valence-corrected chi connectivity index (χ4v) is 8.89. The van der Waals surface area contributed by atoms with Crippen LogP contribution in [0.3, 0.4) is 0 Å². The molecule has 0 aliphatic carbocycles. The summed E-state index contributed by atoms with van der Waals surface area (Å²) in [4.78, 5) is 77.3. The Morgan fingerprint density at radius 3 is 1.88 bits per heavy atom. The van der Waals surface area contributed by atoms with Crippen molar-refractivity contribution >= 4 is 48.0 Å². The van der Waals surface area contributed by atoms with Crippen LogP contribution in [0.1, 0.15) is 101 Å². The second-order valence-corrected chi connectivity index (χ2v) is 15.6. The van der Waals surface area contributed by atoms with Gasteiger partial charge in [-0.05, 0) is 67.9 Å². The maximum atomic E-state index is 12.5. The molecule has 4 aliphatic heterocycles. The molecule has 0 aromatic carbocycles. The Morgan fingerprint density at radius 2 is 1.28 bits per heavy atom. The van der Waals surface area contributed by atoms with E-state index in [0.29, 0.717) is 50.9 Å².